The van der Waals surface area contributed by atoms with E-state index in [1.807, 2.05) is 0 Å². The summed E-state index contributed by atoms with van der Waals surface area (Å²) in [5.41, 5.74) is 0. The summed E-state index contributed by atoms with van der Waals surface area (Å²) in [6.45, 7) is 2.97. The summed E-state index contributed by atoms with van der Waals surface area (Å²) in [4.78, 5) is 13.3. The molecule has 1 saturated carbocycles. The van der Waals surface area contributed by atoms with E-state index in [1.165, 1.54) is 0 Å². The van der Waals surface area contributed by atoms with Crippen LogP contribution in [0.25, 0.3) is 0 Å². The van der Waals surface area contributed by atoms with Crippen LogP contribution in [0.15, 0.2) is 12.2 Å². The van der Waals surface area contributed by atoms with E-state index in [2.05, 4.69) is 17.1 Å². The second-order valence-corrected chi connectivity index (χ2v) is 4.33. The van der Waals surface area contributed by atoms with E-state index in [9.17, 15) is 4.79 Å². The number of rotatable bonds is 3. The molecule has 3 nitrogen and oxygen atoms in total. The van der Waals surface area contributed by atoms with E-state index in [0.717, 1.165) is 38.9 Å². The van der Waals surface area contributed by atoms with Crippen LogP contribution >= 0.6 is 0 Å². The molecule has 78 valence electrons. The van der Waals surface area contributed by atoms with Crippen molar-refractivity contribution in [2.24, 2.45) is 11.8 Å². The zero-order valence-electron chi connectivity index (χ0n) is 8.35. The number of aliphatic carboxylic acids is 1. The van der Waals surface area contributed by atoms with Crippen LogP contribution in [0.5, 0.6) is 0 Å². The highest BCUT2D eigenvalue weighted by Crippen LogP contribution is 2.32. The standard InChI is InChI=1S/C11H17NO2/c13-11(14)10-5-3-4-9(10)8-12-6-1-2-7-12/h1-2,9-10H,3-8H2,(H,13,14). The Kier molecular flexibility index (Phi) is 2.87. The molecule has 0 aromatic heterocycles. The first-order chi connectivity index (χ1) is 6.77. The van der Waals surface area contributed by atoms with Crippen molar-refractivity contribution in [1.29, 1.82) is 0 Å². The van der Waals surface area contributed by atoms with Gasteiger partial charge in [0.1, 0.15) is 0 Å². The maximum Gasteiger partial charge on any atom is 0.306 e. The highest BCUT2D eigenvalue weighted by molar-refractivity contribution is 5.70. The number of hydrogen-bond acceptors (Lipinski definition) is 2. The molecule has 0 spiro atoms. The number of nitrogens with zero attached hydrogens (tertiary/aromatic N) is 1. The zero-order chi connectivity index (χ0) is 9.97. The van der Waals surface area contributed by atoms with Gasteiger partial charge in [0.2, 0.25) is 0 Å². The van der Waals surface area contributed by atoms with Crippen molar-refractivity contribution in [3.05, 3.63) is 12.2 Å². The van der Waals surface area contributed by atoms with Crippen molar-refractivity contribution in [3.63, 3.8) is 0 Å². The van der Waals surface area contributed by atoms with E-state index < -0.39 is 5.97 Å². The first-order valence-electron chi connectivity index (χ1n) is 5.37. The third kappa shape index (κ3) is 1.98. The smallest absolute Gasteiger partial charge is 0.306 e. The minimum Gasteiger partial charge on any atom is -0.481 e. The average molecular weight is 195 g/mol. The summed E-state index contributed by atoms with van der Waals surface area (Å²) in [6, 6.07) is 0. The zero-order valence-corrected chi connectivity index (χ0v) is 8.35. The molecule has 2 atom stereocenters. The van der Waals surface area contributed by atoms with Crippen molar-refractivity contribution < 1.29 is 9.90 Å². The predicted molar refractivity (Wildman–Crippen MR) is 54.0 cm³/mol. The summed E-state index contributed by atoms with van der Waals surface area (Å²) in [6.07, 6.45) is 7.37. The second kappa shape index (κ2) is 4.13. The van der Waals surface area contributed by atoms with Gasteiger partial charge in [0, 0.05) is 19.6 Å². The first-order valence-corrected chi connectivity index (χ1v) is 5.37. The number of hydrogen-bond donors (Lipinski definition) is 1. The lowest BCUT2D eigenvalue weighted by molar-refractivity contribution is -0.143. The van der Waals surface area contributed by atoms with Gasteiger partial charge in [0.05, 0.1) is 5.92 Å². The Morgan fingerprint density at radius 2 is 2.07 bits per heavy atom. The van der Waals surface area contributed by atoms with E-state index >= 15 is 0 Å². The van der Waals surface area contributed by atoms with Gasteiger partial charge in [-0.1, -0.05) is 18.6 Å². The molecule has 1 N–H and O–H groups in total. The van der Waals surface area contributed by atoms with Gasteiger partial charge in [-0.3, -0.25) is 9.69 Å². The molecule has 2 unspecified atom stereocenters. The fraction of sp³-hybridized carbons (Fsp3) is 0.727. The molecule has 0 amide bonds. The Balaban J connectivity index is 1.87. The second-order valence-electron chi connectivity index (χ2n) is 4.33. The predicted octanol–water partition coefficient (Wildman–Crippen LogP) is 1.36. The SMILES string of the molecule is O=C(O)C1CCCC1CN1CC=CC1. The van der Waals surface area contributed by atoms with E-state index in [4.69, 9.17) is 5.11 Å². The van der Waals surface area contributed by atoms with Crippen LogP contribution in [0, 0.1) is 11.8 Å². The Morgan fingerprint density at radius 3 is 2.71 bits per heavy atom. The average Bonchev–Trinajstić information content (AvgIpc) is 2.75. The van der Waals surface area contributed by atoms with Crippen LogP contribution in [-0.2, 0) is 4.79 Å². The van der Waals surface area contributed by atoms with Crippen molar-refractivity contribution in [1.82, 2.24) is 4.90 Å². The molecule has 1 heterocycles. The van der Waals surface area contributed by atoms with Gasteiger partial charge >= 0.3 is 5.97 Å². The Hall–Kier alpha value is -0.830. The number of carboxylic acids is 1. The van der Waals surface area contributed by atoms with Gasteiger partial charge in [-0.2, -0.15) is 0 Å². The van der Waals surface area contributed by atoms with Crippen LogP contribution in [0.1, 0.15) is 19.3 Å². The highest BCUT2D eigenvalue weighted by atomic mass is 16.4. The molecule has 3 heteroatoms. The summed E-state index contributed by atoms with van der Waals surface area (Å²) in [5.74, 6) is -0.303. The van der Waals surface area contributed by atoms with Gasteiger partial charge in [0.25, 0.3) is 0 Å². The van der Waals surface area contributed by atoms with Crippen LogP contribution < -0.4 is 0 Å². The summed E-state index contributed by atoms with van der Waals surface area (Å²) in [7, 11) is 0. The Labute approximate surface area is 84.4 Å². The maximum atomic E-state index is 11.0. The minimum absolute atomic E-state index is 0.0874. The van der Waals surface area contributed by atoms with E-state index in [0.29, 0.717) is 5.92 Å². The molecule has 0 radical (unpaired) electrons. The normalized spacial score (nSPS) is 32.6. The van der Waals surface area contributed by atoms with Crippen LogP contribution in [0.4, 0.5) is 0 Å². The van der Waals surface area contributed by atoms with Gasteiger partial charge < -0.3 is 5.11 Å². The van der Waals surface area contributed by atoms with Crippen LogP contribution in [0.3, 0.4) is 0 Å². The van der Waals surface area contributed by atoms with E-state index in [-0.39, 0.29) is 5.92 Å². The van der Waals surface area contributed by atoms with Gasteiger partial charge in [-0.25, -0.2) is 0 Å². The van der Waals surface area contributed by atoms with Crippen LogP contribution in [-0.4, -0.2) is 35.6 Å². The molecule has 0 aromatic rings. The minimum atomic E-state index is -0.598. The number of carboxylic acid groups (broad SMARTS) is 1. The fourth-order valence-electron chi connectivity index (χ4n) is 2.58. The molecule has 0 bridgehead atoms. The first kappa shape index (κ1) is 9.71. The third-order valence-electron chi connectivity index (χ3n) is 3.36. The summed E-state index contributed by atoms with van der Waals surface area (Å²) in [5, 5.41) is 9.02. The lowest BCUT2D eigenvalue weighted by atomic mass is 9.96. The lowest BCUT2D eigenvalue weighted by Crippen LogP contribution is -2.31. The number of carbonyl (C=O) groups is 1. The molecule has 1 aliphatic heterocycles. The molecule has 0 saturated heterocycles. The molecule has 1 aliphatic carbocycles. The van der Waals surface area contributed by atoms with Gasteiger partial charge in [-0.15, -0.1) is 0 Å². The lowest BCUT2D eigenvalue weighted by Gasteiger charge is -2.22. The summed E-state index contributed by atoms with van der Waals surface area (Å²) >= 11 is 0. The van der Waals surface area contributed by atoms with Crippen molar-refractivity contribution >= 4 is 5.97 Å². The molecule has 1 fully saturated rings. The molecule has 14 heavy (non-hydrogen) atoms. The van der Waals surface area contributed by atoms with Crippen LogP contribution in [0.2, 0.25) is 0 Å². The molecule has 0 aromatic carbocycles. The molecule has 2 rings (SSSR count). The largest absolute Gasteiger partial charge is 0.481 e. The molecule has 2 aliphatic rings. The fourth-order valence-corrected chi connectivity index (χ4v) is 2.58. The van der Waals surface area contributed by atoms with Crippen molar-refractivity contribution in [2.45, 2.75) is 19.3 Å². The monoisotopic (exact) mass is 195 g/mol. The van der Waals surface area contributed by atoms with Crippen molar-refractivity contribution in [2.75, 3.05) is 19.6 Å². The molecular formula is C11H17NO2. The quantitative estimate of drug-likeness (QED) is 0.691. The highest BCUT2D eigenvalue weighted by Gasteiger charge is 2.33. The third-order valence-corrected chi connectivity index (χ3v) is 3.36. The maximum absolute atomic E-state index is 11.0. The summed E-state index contributed by atoms with van der Waals surface area (Å²) < 4.78 is 0. The van der Waals surface area contributed by atoms with Crippen molar-refractivity contribution in [3.8, 4) is 0 Å². The molecular weight excluding hydrogens is 178 g/mol. The topological polar surface area (TPSA) is 40.5 Å². The Bertz CT molecular complexity index is 242. The van der Waals surface area contributed by atoms with Gasteiger partial charge in [0.15, 0.2) is 0 Å². The van der Waals surface area contributed by atoms with E-state index in [1.54, 1.807) is 0 Å². The Morgan fingerprint density at radius 1 is 1.36 bits per heavy atom. The van der Waals surface area contributed by atoms with Gasteiger partial charge in [-0.05, 0) is 18.8 Å².